The van der Waals surface area contributed by atoms with E-state index in [1.807, 2.05) is 26.8 Å². The van der Waals surface area contributed by atoms with Gasteiger partial charge in [0.15, 0.2) is 0 Å². The lowest BCUT2D eigenvalue weighted by Gasteiger charge is -2.34. The quantitative estimate of drug-likeness (QED) is 0.598. The number of hydrogen-bond acceptors (Lipinski definition) is 6. The molecule has 2 aliphatic heterocycles. The van der Waals surface area contributed by atoms with Gasteiger partial charge in [-0.05, 0) is 57.6 Å². The molecule has 0 bridgehead atoms. The third kappa shape index (κ3) is 6.53. The molecule has 1 amide bonds. The number of rotatable bonds is 5. The second-order valence-corrected chi connectivity index (χ2v) is 11.0. The van der Waals surface area contributed by atoms with Gasteiger partial charge in [0, 0.05) is 43.6 Å². The molecule has 0 aliphatic carbocycles. The summed E-state index contributed by atoms with van der Waals surface area (Å²) < 4.78 is 10.9. The van der Waals surface area contributed by atoms with Gasteiger partial charge < -0.3 is 30.1 Å². The fourth-order valence-corrected chi connectivity index (χ4v) is 4.56. The van der Waals surface area contributed by atoms with E-state index in [1.165, 1.54) is 0 Å². The molecule has 2 heterocycles. The highest BCUT2D eigenvalue weighted by Crippen LogP contribution is 2.42. The molecule has 0 spiro atoms. The Balaban J connectivity index is 1.89. The standard InChI is InChI=1S/C25H39N3O5/c1-24(2,3)20-19(28-12-9-17(15-28)27-23(31)33-25(4,5)6)8-7-18(22(29)30)21(20)26-16-10-13-32-14-11-16/h7-8,16-17,26H,9-15H2,1-6H3,(H,27,31)(H,29,30). The van der Waals surface area contributed by atoms with Crippen molar-refractivity contribution in [1.82, 2.24) is 5.32 Å². The molecule has 1 aromatic carbocycles. The van der Waals surface area contributed by atoms with Gasteiger partial charge in [-0.3, -0.25) is 0 Å². The number of ether oxygens (including phenoxy) is 2. The maximum Gasteiger partial charge on any atom is 0.407 e. The average Bonchev–Trinajstić information content (AvgIpc) is 3.14. The summed E-state index contributed by atoms with van der Waals surface area (Å²) >= 11 is 0. The van der Waals surface area contributed by atoms with Gasteiger partial charge in [-0.15, -0.1) is 0 Å². The van der Waals surface area contributed by atoms with Crippen molar-refractivity contribution in [3.05, 3.63) is 23.3 Å². The molecule has 8 heteroatoms. The van der Waals surface area contributed by atoms with Crippen LogP contribution >= 0.6 is 0 Å². The van der Waals surface area contributed by atoms with Crippen LogP contribution in [0.1, 0.15) is 76.7 Å². The first kappa shape index (κ1) is 25.1. The fraction of sp³-hybridized carbons (Fsp3) is 0.680. The molecule has 2 saturated heterocycles. The zero-order chi connectivity index (χ0) is 24.4. The van der Waals surface area contributed by atoms with Gasteiger partial charge in [0.05, 0.1) is 17.3 Å². The van der Waals surface area contributed by atoms with Crippen LogP contribution in [0, 0.1) is 0 Å². The molecule has 0 saturated carbocycles. The maximum absolute atomic E-state index is 12.2. The molecule has 2 fully saturated rings. The van der Waals surface area contributed by atoms with Gasteiger partial charge in [0.25, 0.3) is 0 Å². The van der Waals surface area contributed by atoms with Crippen LogP contribution in [0.2, 0.25) is 0 Å². The van der Waals surface area contributed by atoms with E-state index < -0.39 is 17.7 Å². The summed E-state index contributed by atoms with van der Waals surface area (Å²) in [6, 6.07) is 3.75. The minimum atomic E-state index is -0.937. The summed E-state index contributed by atoms with van der Waals surface area (Å²) in [5, 5.41) is 16.5. The summed E-state index contributed by atoms with van der Waals surface area (Å²) in [7, 11) is 0. The Bertz CT molecular complexity index is 866. The predicted octanol–water partition coefficient (Wildman–Crippen LogP) is 4.38. The first-order valence-electron chi connectivity index (χ1n) is 11.8. The number of aromatic carboxylic acids is 1. The van der Waals surface area contributed by atoms with E-state index in [0.717, 1.165) is 37.1 Å². The summed E-state index contributed by atoms with van der Waals surface area (Å²) in [4.78, 5) is 26.6. The van der Waals surface area contributed by atoms with E-state index in [2.05, 4.69) is 36.3 Å². The number of carbonyl (C=O) groups is 2. The monoisotopic (exact) mass is 461 g/mol. The van der Waals surface area contributed by atoms with E-state index in [1.54, 1.807) is 6.07 Å². The van der Waals surface area contributed by atoms with Crippen molar-refractivity contribution >= 4 is 23.4 Å². The Hall–Kier alpha value is -2.48. The number of nitrogens with zero attached hydrogens (tertiary/aromatic N) is 1. The van der Waals surface area contributed by atoms with Crippen molar-refractivity contribution in [3.63, 3.8) is 0 Å². The molecule has 0 aromatic heterocycles. The highest BCUT2D eigenvalue weighted by Gasteiger charge is 2.33. The maximum atomic E-state index is 12.2. The Morgan fingerprint density at radius 2 is 1.73 bits per heavy atom. The lowest BCUT2D eigenvalue weighted by Crippen LogP contribution is -2.40. The van der Waals surface area contributed by atoms with Gasteiger partial charge in [-0.1, -0.05) is 20.8 Å². The van der Waals surface area contributed by atoms with E-state index in [9.17, 15) is 14.7 Å². The number of benzene rings is 1. The van der Waals surface area contributed by atoms with Crippen molar-refractivity contribution in [2.75, 3.05) is 36.5 Å². The Labute approximate surface area is 197 Å². The van der Waals surface area contributed by atoms with Crippen molar-refractivity contribution in [2.45, 2.75) is 83.9 Å². The Morgan fingerprint density at radius 1 is 1.06 bits per heavy atom. The van der Waals surface area contributed by atoms with Gasteiger partial charge >= 0.3 is 12.1 Å². The smallest absolute Gasteiger partial charge is 0.407 e. The number of amides is 1. The molecular weight excluding hydrogens is 422 g/mol. The van der Waals surface area contributed by atoms with Crippen molar-refractivity contribution in [3.8, 4) is 0 Å². The first-order chi connectivity index (χ1) is 15.3. The van der Waals surface area contributed by atoms with Crippen LogP contribution in [0.15, 0.2) is 12.1 Å². The number of hydrogen-bond donors (Lipinski definition) is 3. The molecule has 1 atom stereocenters. The minimum absolute atomic E-state index is 0.0290. The summed E-state index contributed by atoms with van der Waals surface area (Å²) in [6.07, 6.45) is 2.08. The van der Waals surface area contributed by atoms with Crippen molar-refractivity contribution < 1.29 is 24.2 Å². The van der Waals surface area contributed by atoms with Gasteiger partial charge in [0.2, 0.25) is 0 Å². The normalized spacial score (nSPS) is 19.9. The highest BCUT2D eigenvalue weighted by atomic mass is 16.6. The molecule has 33 heavy (non-hydrogen) atoms. The third-order valence-electron chi connectivity index (χ3n) is 5.98. The van der Waals surface area contributed by atoms with Crippen LogP contribution in [0.3, 0.4) is 0 Å². The summed E-state index contributed by atoms with van der Waals surface area (Å²) in [6.45, 7) is 14.6. The number of nitrogens with one attached hydrogen (secondary N) is 2. The van der Waals surface area contributed by atoms with Crippen molar-refractivity contribution in [1.29, 1.82) is 0 Å². The fourth-order valence-electron chi connectivity index (χ4n) is 4.56. The number of carbonyl (C=O) groups excluding carboxylic acids is 1. The van der Waals surface area contributed by atoms with E-state index in [0.29, 0.717) is 25.4 Å². The van der Waals surface area contributed by atoms with Crippen LogP contribution in [-0.4, -0.2) is 61.2 Å². The highest BCUT2D eigenvalue weighted by molar-refractivity contribution is 5.97. The molecule has 184 valence electrons. The van der Waals surface area contributed by atoms with Crippen LogP contribution < -0.4 is 15.5 Å². The van der Waals surface area contributed by atoms with Crippen LogP contribution in [0.25, 0.3) is 0 Å². The molecule has 3 N–H and O–H groups in total. The summed E-state index contributed by atoms with van der Waals surface area (Å²) in [5.41, 5.74) is 2.16. The van der Waals surface area contributed by atoms with E-state index in [-0.39, 0.29) is 23.1 Å². The molecule has 1 unspecified atom stereocenters. The number of anilines is 2. The second-order valence-electron chi connectivity index (χ2n) is 11.0. The van der Waals surface area contributed by atoms with E-state index >= 15 is 0 Å². The number of alkyl carbamates (subject to hydrolysis) is 1. The molecule has 8 nitrogen and oxygen atoms in total. The van der Waals surface area contributed by atoms with Crippen molar-refractivity contribution in [2.24, 2.45) is 0 Å². The Morgan fingerprint density at radius 3 is 2.30 bits per heavy atom. The van der Waals surface area contributed by atoms with Crippen LogP contribution in [0.5, 0.6) is 0 Å². The van der Waals surface area contributed by atoms with Gasteiger partial charge in [0.1, 0.15) is 5.60 Å². The zero-order valence-electron chi connectivity index (χ0n) is 20.8. The van der Waals surface area contributed by atoms with Gasteiger partial charge in [-0.25, -0.2) is 9.59 Å². The third-order valence-corrected chi connectivity index (χ3v) is 5.98. The molecule has 3 rings (SSSR count). The second kappa shape index (κ2) is 9.79. The Kier molecular flexibility index (Phi) is 7.46. The lowest BCUT2D eigenvalue weighted by molar-refractivity contribution is 0.0508. The van der Waals surface area contributed by atoms with Gasteiger partial charge in [-0.2, -0.15) is 0 Å². The van der Waals surface area contributed by atoms with E-state index in [4.69, 9.17) is 9.47 Å². The van der Waals surface area contributed by atoms with Crippen LogP contribution in [-0.2, 0) is 14.9 Å². The molecule has 1 aromatic rings. The largest absolute Gasteiger partial charge is 0.478 e. The topological polar surface area (TPSA) is 100 Å². The predicted molar refractivity (Wildman–Crippen MR) is 130 cm³/mol. The molecule has 2 aliphatic rings. The first-order valence-corrected chi connectivity index (χ1v) is 11.8. The SMILES string of the molecule is CC(C)(C)OC(=O)NC1CCN(c2ccc(C(=O)O)c(NC3CCOCC3)c2C(C)(C)C)C1. The molecular formula is C25H39N3O5. The number of carboxylic acid groups (broad SMARTS) is 1. The summed E-state index contributed by atoms with van der Waals surface area (Å²) in [5.74, 6) is -0.937. The minimum Gasteiger partial charge on any atom is -0.478 e. The lowest BCUT2D eigenvalue weighted by atomic mass is 9.82. The zero-order valence-corrected chi connectivity index (χ0v) is 20.8. The molecule has 0 radical (unpaired) electrons. The van der Waals surface area contributed by atoms with Crippen LogP contribution in [0.4, 0.5) is 16.2 Å². The average molecular weight is 462 g/mol. The number of carboxylic acids is 1.